The average molecular weight is 552 g/mol. The number of aliphatic carboxylic acids is 1. The number of amides is 3. The molecule has 0 bridgehead atoms. The maximum atomic E-state index is 13.9. The largest absolute Gasteiger partial charge is 0.481 e. The van der Waals surface area contributed by atoms with Gasteiger partial charge in [0.05, 0.1) is 6.42 Å². The minimum absolute atomic E-state index is 0.00309. The molecule has 2 fully saturated rings. The van der Waals surface area contributed by atoms with E-state index in [4.69, 9.17) is 0 Å². The first-order chi connectivity index (χ1) is 19.0. The molecule has 2 aromatic rings. The van der Waals surface area contributed by atoms with E-state index >= 15 is 0 Å². The molecule has 40 heavy (non-hydrogen) atoms. The van der Waals surface area contributed by atoms with Gasteiger partial charge in [0.25, 0.3) is 17.7 Å². The number of hydrogen-bond acceptors (Lipinski definition) is 4. The van der Waals surface area contributed by atoms with Crippen LogP contribution in [0.4, 0.5) is 4.39 Å². The van der Waals surface area contributed by atoms with Crippen LogP contribution in [0.3, 0.4) is 0 Å². The summed E-state index contributed by atoms with van der Waals surface area (Å²) in [5.41, 5.74) is 1.38. The van der Waals surface area contributed by atoms with E-state index in [1.54, 1.807) is 12.1 Å². The third-order valence-corrected chi connectivity index (χ3v) is 7.94. The van der Waals surface area contributed by atoms with Gasteiger partial charge in [-0.3, -0.25) is 19.2 Å². The lowest BCUT2D eigenvalue weighted by Gasteiger charge is -2.34. The SMILES string of the molecule is CC(C)(C)c1ccc(C(=O)N2CCN(C(=O)c3cccc(F)c3)C2C(=O)NC(CC(=O)O)C2CCCCC2)cc1. The normalized spacial score (nSPS) is 18.9. The summed E-state index contributed by atoms with van der Waals surface area (Å²) in [4.78, 5) is 55.3. The Kier molecular flexibility index (Phi) is 8.91. The van der Waals surface area contributed by atoms with E-state index in [1.165, 1.54) is 28.0 Å². The van der Waals surface area contributed by atoms with E-state index in [-0.39, 0.29) is 36.4 Å². The Hall–Kier alpha value is -3.75. The first-order valence-corrected chi connectivity index (χ1v) is 14.0. The van der Waals surface area contributed by atoms with Crippen LogP contribution in [0.25, 0.3) is 0 Å². The van der Waals surface area contributed by atoms with Gasteiger partial charge in [-0.2, -0.15) is 0 Å². The molecule has 214 valence electrons. The molecule has 8 nitrogen and oxygen atoms in total. The van der Waals surface area contributed by atoms with Gasteiger partial charge in [-0.25, -0.2) is 4.39 Å². The second-order valence-corrected chi connectivity index (χ2v) is 11.8. The van der Waals surface area contributed by atoms with Crippen LogP contribution >= 0.6 is 0 Å². The molecule has 4 rings (SSSR count). The van der Waals surface area contributed by atoms with Crippen molar-refractivity contribution in [3.63, 3.8) is 0 Å². The summed E-state index contributed by atoms with van der Waals surface area (Å²) in [7, 11) is 0. The lowest BCUT2D eigenvalue weighted by Crippen LogP contribution is -2.57. The Morgan fingerprint density at radius 1 is 0.925 bits per heavy atom. The number of carbonyl (C=O) groups excluding carboxylic acids is 3. The van der Waals surface area contributed by atoms with Crippen molar-refractivity contribution in [2.45, 2.75) is 76.9 Å². The van der Waals surface area contributed by atoms with Gasteiger partial charge in [-0.05, 0) is 60.1 Å². The minimum atomic E-state index is -1.30. The lowest BCUT2D eigenvalue weighted by atomic mass is 9.82. The van der Waals surface area contributed by atoms with Crippen LogP contribution in [0.5, 0.6) is 0 Å². The quantitative estimate of drug-likeness (QED) is 0.524. The third-order valence-electron chi connectivity index (χ3n) is 7.94. The van der Waals surface area contributed by atoms with Crippen LogP contribution in [0.2, 0.25) is 0 Å². The second-order valence-electron chi connectivity index (χ2n) is 11.8. The summed E-state index contributed by atoms with van der Waals surface area (Å²) in [6.45, 7) is 6.39. The number of nitrogens with one attached hydrogen (secondary N) is 1. The van der Waals surface area contributed by atoms with Crippen molar-refractivity contribution in [2.75, 3.05) is 13.1 Å². The first kappa shape index (κ1) is 29.2. The van der Waals surface area contributed by atoms with E-state index in [2.05, 4.69) is 26.1 Å². The molecule has 0 aromatic heterocycles. The van der Waals surface area contributed by atoms with Crippen LogP contribution < -0.4 is 5.32 Å². The highest BCUT2D eigenvalue weighted by Crippen LogP contribution is 2.29. The van der Waals surface area contributed by atoms with Gasteiger partial charge in [0.1, 0.15) is 5.82 Å². The van der Waals surface area contributed by atoms with Gasteiger partial charge < -0.3 is 20.2 Å². The number of halogens is 1. The van der Waals surface area contributed by atoms with Crippen molar-refractivity contribution >= 4 is 23.7 Å². The number of carboxylic acids is 1. The smallest absolute Gasteiger partial charge is 0.305 e. The van der Waals surface area contributed by atoms with Crippen molar-refractivity contribution < 1.29 is 28.7 Å². The zero-order valence-electron chi connectivity index (χ0n) is 23.4. The Balaban J connectivity index is 1.64. The number of carboxylic acid groups (broad SMARTS) is 1. The van der Waals surface area contributed by atoms with Crippen molar-refractivity contribution in [3.8, 4) is 0 Å². The molecule has 1 saturated carbocycles. The zero-order chi connectivity index (χ0) is 29.0. The van der Waals surface area contributed by atoms with Crippen LogP contribution in [0.1, 0.15) is 85.6 Å². The Morgan fingerprint density at radius 3 is 2.08 bits per heavy atom. The van der Waals surface area contributed by atoms with Crippen LogP contribution in [0, 0.1) is 11.7 Å². The van der Waals surface area contributed by atoms with Gasteiger partial charge in [0.15, 0.2) is 6.17 Å². The van der Waals surface area contributed by atoms with E-state index in [0.29, 0.717) is 5.56 Å². The summed E-state index contributed by atoms with van der Waals surface area (Å²) >= 11 is 0. The highest BCUT2D eigenvalue weighted by atomic mass is 19.1. The summed E-state index contributed by atoms with van der Waals surface area (Å²) < 4.78 is 13.9. The molecule has 0 radical (unpaired) electrons. The molecule has 2 aromatic carbocycles. The van der Waals surface area contributed by atoms with Crippen LogP contribution in [0.15, 0.2) is 48.5 Å². The fourth-order valence-corrected chi connectivity index (χ4v) is 5.72. The lowest BCUT2D eigenvalue weighted by molar-refractivity contribution is -0.138. The van der Waals surface area contributed by atoms with E-state index in [0.717, 1.165) is 43.7 Å². The van der Waals surface area contributed by atoms with Crippen molar-refractivity contribution in [1.29, 1.82) is 0 Å². The van der Waals surface area contributed by atoms with Gasteiger partial charge in [0, 0.05) is 30.3 Å². The fraction of sp³-hybridized carbons (Fsp3) is 0.484. The predicted molar refractivity (Wildman–Crippen MR) is 148 cm³/mol. The van der Waals surface area contributed by atoms with Gasteiger partial charge >= 0.3 is 5.97 Å². The topological polar surface area (TPSA) is 107 Å². The Morgan fingerprint density at radius 2 is 1.52 bits per heavy atom. The summed E-state index contributed by atoms with van der Waals surface area (Å²) in [5, 5.41) is 12.5. The summed E-state index contributed by atoms with van der Waals surface area (Å²) in [6.07, 6.45) is 3.04. The Labute approximate surface area is 234 Å². The highest BCUT2D eigenvalue weighted by molar-refractivity contribution is 6.02. The molecule has 2 unspecified atom stereocenters. The summed E-state index contributed by atoms with van der Waals surface area (Å²) in [6, 6.07) is 11.8. The molecule has 3 amide bonds. The summed E-state index contributed by atoms with van der Waals surface area (Å²) in [5.74, 6) is -3.22. The molecule has 2 aliphatic rings. The molecule has 1 saturated heterocycles. The number of rotatable bonds is 7. The van der Waals surface area contributed by atoms with E-state index in [1.807, 2.05) is 12.1 Å². The maximum Gasteiger partial charge on any atom is 0.305 e. The standard InChI is InChI=1S/C31H38FN3O5/c1-31(2,3)23-14-12-21(13-15-23)29(39)34-16-17-35(30(40)22-10-7-11-24(32)18-22)28(34)27(38)33-25(19-26(36)37)20-8-5-4-6-9-20/h7,10-15,18,20,25,28H,4-6,8-9,16-17,19H2,1-3H3,(H,33,38)(H,36,37). The van der Waals surface area contributed by atoms with Crippen LogP contribution in [-0.2, 0) is 15.0 Å². The molecule has 1 aliphatic carbocycles. The number of hydrogen-bond donors (Lipinski definition) is 2. The number of nitrogens with zero attached hydrogens (tertiary/aromatic N) is 2. The minimum Gasteiger partial charge on any atom is -0.481 e. The number of carbonyl (C=O) groups is 4. The molecular weight excluding hydrogens is 513 g/mol. The monoisotopic (exact) mass is 551 g/mol. The predicted octanol–water partition coefficient (Wildman–Crippen LogP) is 4.59. The zero-order valence-corrected chi connectivity index (χ0v) is 23.4. The van der Waals surface area contributed by atoms with Crippen molar-refractivity contribution in [1.82, 2.24) is 15.1 Å². The van der Waals surface area contributed by atoms with Crippen LogP contribution in [-0.4, -0.2) is 63.9 Å². The molecule has 1 heterocycles. The fourth-order valence-electron chi connectivity index (χ4n) is 5.72. The Bertz CT molecular complexity index is 1250. The van der Waals surface area contributed by atoms with Gasteiger partial charge in [-0.15, -0.1) is 0 Å². The van der Waals surface area contributed by atoms with E-state index in [9.17, 15) is 28.7 Å². The second kappa shape index (κ2) is 12.2. The maximum absolute atomic E-state index is 13.9. The van der Waals surface area contributed by atoms with Crippen molar-refractivity contribution in [2.24, 2.45) is 5.92 Å². The third kappa shape index (κ3) is 6.69. The molecule has 1 aliphatic heterocycles. The molecule has 2 atom stereocenters. The van der Waals surface area contributed by atoms with Gasteiger partial charge in [0.2, 0.25) is 0 Å². The molecular formula is C31H38FN3O5. The molecule has 0 spiro atoms. The van der Waals surface area contributed by atoms with Crippen molar-refractivity contribution in [3.05, 3.63) is 71.0 Å². The molecule has 2 N–H and O–H groups in total. The molecule has 9 heteroatoms. The average Bonchev–Trinajstić information content (AvgIpc) is 3.37. The first-order valence-electron chi connectivity index (χ1n) is 14.0. The van der Waals surface area contributed by atoms with Gasteiger partial charge in [-0.1, -0.05) is 58.2 Å². The van der Waals surface area contributed by atoms with E-state index < -0.39 is 41.7 Å². The number of benzene rings is 2. The highest BCUT2D eigenvalue weighted by Gasteiger charge is 2.44.